The van der Waals surface area contributed by atoms with Crippen molar-refractivity contribution < 1.29 is 4.79 Å². The van der Waals surface area contributed by atoms with Crippen molar-refractivity contribution in [2.75, 3.05) is 25.5 Å². The minimum absolute atomic E-state index is 0.0655. The molecule has 6 nitrogen and oxygen atoms in total. The lowest BCUT2D eigenvalue weighted by molar-refractivity contribution is -0.116. The van der Waals surface area contributed by atoms with E-state index in [-0.39, 0.29) is 5.91 Å². The van der Waals surface area contributed by atoms with Crippen molar-refractivity contribution in [3.63, 3.8) is 0 Å². The maximum Gasteiger partial charge on any atom is 0.227 e. The topological polar surface area (TPSA) is 78.4 Å². The predicted molar refractivity (Wildman–Crippen MR) is 95.7 cm³/mol. The molecule has 0 atom stereocenters. The predicted octanol–water partition coefficient (Wildman–Crippen LogP) is 2.32. The van der Waals surface area contributed by atoms with Gasteiger partial charge in [0.15, 0.2) is 5.96 Å². The Hall–Kier alpha value is -2.11. The molecule has 1 amide bonds. The quantitative estimate of drug-likeness (QED) is 0.507. The van der Waals surface area contributed by atoms with Crippen molar-refractivity contribution in [3.05, 3.63) is 23.9 Å². The molecule has 0 aliphatic rings. The highest BCUT2D eigenvalue weighted by Gasteiger charge is 2.06. The van der Waals surface area contributed by atoms with Gasteiger partial charge in [-0.15, -0.1) is 0 Å². The van der Waals surface area contributed by atoms with E-state index in [2.05, 4.69) is 39.8 Å². The standard InChI is InChI=1S/C17H29N5O/c1-5-14(6-2)12-21-17(18-4)19-10-9-16(23)22-15-8-7-13(3)11-20-15/h7-8,11,14H,5-6,9-10,12H2,1-4H3,(H2,18,19,21)(H,20,22,23). The maximum absolute atomic E-state index is 11.9. The van der Waals surface area contributed by atoms with Gasteiger partial charge in [-0.3, -0.25) is 9.79 Å². The zero-order chi connectivity index (χ0) is 17.1. The van der Waals surface area contributed by atoms with Crippen LogP contribution < -0.4 is 16.0 Å². The van der Waals surface area contributed by atoms with Crippen LogP contribution in [0.5, 0.6) is 0 Å². The highest BCUT2D eigenvalue weighted by molar-refractivity contribution is 5.90. The van der Waals surface area contributed by atoms with E-state index in [1.807, 2.05) is 13.0 Å². The van der Waals surface area contributed by atoms with Gasteiger partial charge in [0, 0.05) is 32.8 Å². The lowest BCUT2D eigenvalue weighted by Gasteiger charge is -2.16. The molecule has 0 aliphatic carbocycles. The van der Waals surface area contributed by atoms with Gasteiger partial charge in [-0.25, -0.2) is 4.98 Å². The summed E-state index contributed by atoms with van der Waals surface area (Å²) in [6, 6.07) is 3.72. The van der Waals surface area contributed by atoms with Crippen LogP contribution in [-0.4, -0.2) is 37.0 Å². The molecule has 0 aromatic carbocycles. The summed E-state index contributed by atoms with van der Waals surface area (Å²) in [6.07, 6.45) is 4.39. The molecule has 6 heteroatoms. The first kappa shape index (κ1) is 18.9. The van der Waals surface area contributed by atoms with Crippen LogP contribution in [-0.2, 0) is 4.79 Å². The number of rotatable bonds is 8. The normalized spacial score (nSPS) is 11.4. The Morgan fingerprint density at radius 2 is 2.00 bits per heavy atom. The monoisotopic (exact) mass is 319 g/mol. The zero-order valence-electron chi connectivity index (χ0n) is 14.6. The Bertz CT molecular complexity index is 494. The second kappa shape index (κ2) is 10.6. The second-order valence-electron chi connectivity index (χ2n) is 5.58. The summed E-state index contributed by atoms with van der Waals surface area (Å²) >= 11 is 0. The third-order valence-corrected chi connectivity index (χ3v) is 3.76. The molecule has 0 saturated heterocycles. The summed E-state index contributed by atoms with van der Waals surface area (Å²) in [5, 5.41) is 9.23. The van der Waals surface area contributed by atoms with Crippen LogP contribution in [0.15, 0.2) is 23.3 Å². The number of carbonyl (C=O) groups is 1. The van der Waals surface area contributed by atoms with Crippen LogP contribution in [0.3, 0.4) is 0 Å². The van der Waals surface area contributed by atoms with Gasteiger partial charge >= 0.3 is 0 Å². The van der Waals surface area contributed by atoms with E-state index in [1.54, 1.807) is 19.3 Å². The van der Waals surface area contributed by atoms with Crippen LogP contribution in [0, 0.1) is 12.8 Å². The van der Waals surface area contributed by atoms with Crippen molar-refractivity contribution in [1.82, 2.24) is 15.6 Å². The molecule has 0 radical (unpaired) electrons. The number of anilines is 1. The molecule has 0 unspecified atom stereocenters. The van der Waals surface area contributed by atoms with E-state index in [9.17, 15) is 4.79 Å². The number of hydrogen-bond acceptors (Lipinski definition) is 3. The average molecular weight is 319 g/mol. The van der Waals surface area contributed by atoms with Crippen molar-refractivity contribution in [1.29, 1.82) is 0 Å². The first-order valence-corrected chi connectivity index (χ1v) is 8.26. The molecule has 0 fully saturated rings. The zero-order valence-corrected chi connectivity index (χ0v) is 14.6. The van der Waals surface area contributed by atoms with E-state index in [4.69, 9.17) is 0 Å². The summed E-state index contributed by atoms with van der Waals surface area (Å²) in [6.45, 7) is 7.76. The molecule has 1 rings (SSSR count). The maximum atomic E-state index is 11.9. The molecule has 1 aromatic rings. The molecule has 1 aromatic heterocycles. The number of guanidine groups is 1. The highest BCUT2D eigenvalue weighted by atomic mass is 16.1. The number of nitrogens with one attached hydrogen (secondary N) is 3. The van der Waals surface area contributed by atoms with Crippen molar-refractivity contribution in [3.8, 4) is 0 Å². The fraction of sp³-hybridized carbons (Fsp3) is 0.588. The molecule has 128 valence electrons. The van der Waals surface area contributed by atoms with Gasteiger partial charge in [-0.05, 0) is 24.5 Å². The van der Waals surface area contributed by atoms with Crippen molar-refractivity contribution in [2.24, 2.45) is 10.9 Å². The Labute approximate surface area is 139 Å². The number of amides is 1. The van der Waals surface area contributed by atoms with Gasteiger partial charge in [0.1, 0.15) is 5.82 Å². The van der Waals surface area contributed by atoms with Crippen LogP contribution >= 0.6 is 0 Å². The highest BCUT2D eigenvalue weighted by Crippen LogP contribution is 2.05. The second-order valence-corrected chi connectivity index (χ2v) is 5.58. The van der Waals surface area contributed by atoms with E-state index >= 15 is 0 Å². The fourth-order valence-corrected chi connectivity index (χ4v) is 2.08. The van der Waals surface area contributed by atoms with Gasteiger partial charge in [0.25, 0.3) is 0 Å². The largest absolute Gasteiger partial charge is 0.356 e. The van der Waals surface area contributed by atoms with Gasteiger partial charge < -0.3 is 16.0 Å². The first-order valence-electron chi connectivity index (χ1n) is 8.26. The number of nitrogens with zero attached hydrogens (tertiary/aromatic N) is 2. The van der Waals surface area contributed by atoms with Crippen molar-refractivity contribution >= 4 is 17.7 Å². The Morgan fingerprint density at radius 3 is 2.57 bits per heavy atom. The molecule has 0 aliphatic heterocycles. The van der Waals surface area contributed by atoms with Crippen LogP contribution in [0.2, 0.25) is 0 Å². The average Bonchev–Trinajstić information content (AvgIpc) is 2.56. The van der Waals surface area contributed by atoms with Gasteiger partial charge in [-0.1, -0.05) is 32.8 Å². The van der Waals surface area contributed by atoms with Gasteiger partial charge in [-0.2, -0.15) is 0 Å². The summed E-state index contributed by atoms with van der Waals surface area (Å²) in [4.78, 5) is 20.2. The minimum Gasteiger partial charge on any atom is -0.356 e. The molecule has 23 heavy (non-hydrogen) atoms. The van der Waals surface area contributed by atoms with Crippen LogP contribution in [0.25, 0.3) is 0 Å². The molecule has 0 bridgehead atoms. The number of hydrogen-bond donors (Lipinski definition) is 3. The summed E-state index contributed by atoms with van der Waals surface area (Å²) in [5.41, 5.74) is 1.07. The van der Waals surface area contributed by atoms with E-state index < -0.39 is 0 Å². The van der Waals surface area contributed by atoms with Crippen LogP contribution in [0.1, 0.15) is 38.7 Å². The minimum atomic E-state index is -0.0655. The Balaban J connectivity index is 2.28. The van der Waals surface area contributed by atoms with Gasteiger partial charge in [0.2, 0.25) is 5.91 Å². The number of aryl methyl sites for hydroxylation is 1. The summed E-state index contributed by atoms with van der Waals surface area (Å²) < 4.78 is 0. The summed E-state index contributed by atoms with van der Waals surface area (Å²) in [5.74, 6) is 1.89. The third-order valence-electron chi connectivity index (χ3n) is 3.76. The number of pyridine rings is 1. The molecule has 0 saturated carbocycles. The lowest BCUT2D eigenvalue weighted by atomic mass is 10.0. The summed E-state index contributed by atoms with van der Waals surface area (Å²) in [7, 11) is 1.73. The van der Waals surface area contributed by atoms with E-state index in [1.165, 1.54) is 0 Å². The van der Waals surface area contributed by atoms with Crippen molar-refractivity contribution in [2.45, 2.75) is 40.0 Å². The first-order chi connectivity index (χ1) is 11.1. The smallest absolute Gasteiger partial charge is 0.227 e. The molecule has 0 spiro atoms. The Morgan fingerprint density at radius 1 is 1.26 bits per heavy atom. The third kappa shape index (κ3) is 7.63. The molecule has 1 heterocycles. The molecule has 3 N–H and O–H groups in total. The number of carbonyl (C=O) groups excluding carboxylic acids is 1. The SMILES string of the molecule is CCC(CC)CNC(=NC)NCCC(=O)Nc1ccc(C)cn1. The van der Waals surface area contributed by atoms with Crippen LogP contribution in [0.4, 0.5) is 5.82 Å². The van der Waals surface area contributed by atoms with Gasteiger partial charge in [0.05, 0.1) is 0 Å². The fourth-order valence-electron chi connectivity index (χ4n) is 2.08. The molecular weight excluding hydrogens is 290 g/mol. The Kier molecular flexibility index (Phi) is 8.72. The molecular formula is C17H29N5O. The van der Waals surface area contributed by atoms with E-state index in [0.717, 1.165) is 30.9 Å². The lowest BCUT2D eigenvalue weighted by Crippen LogP contribution is -2.40. The number of aromatic nitrogens is 1. The van der Waals surface area contributed by atoms with E-state index in [0.29, 0.717) is 24.7 Å². The number of aliphatic imine (C=N–C) groups is 1.